The van der Waals surface area contributed by atoms with E-state index in [9.17, 15) is 26.1 Å². The van der Waals surface area contributed by atoms with Gasteiger partial charge in [0.25, 0.3) is 0 Å². The van der Waals surface area contributed by atoms with Gasteiger partial charge in [0, 0.05) is 16.7 Å². The molecule has 1 fully saturated rings. The van der Waals surface area contributed by atoms with E-state index >= 15 is 0 Å². The van der Waals surface area contributed by atoms with Crippen LogP contribution >= 0.6 is 0 Å². The van der Waals surface area contributed by atoms with Crippen molar-refractivity contribution in [2.75, 3.05) is 24.1 Å². The van der Waals surface area contributed by atoms with E-state index in [1.54, 1.807) is 6.07 Å². The summed E-state index contributed by atoms with van der Waals surface area (Å²) >= 11 is -1.33. The molecule has 186 valence electrons. The standard InChI is InChI=1S/C18H27N3O3S2.C2HF3O2/c1-17(2,3)25(22)20-16-15-6-5-14(21-26(4,23)24)11-13(15)12-18(16)7-9-19-10-8-18;3-2(4,5)1(6)7/h5-6,11,19,21H,7-10,12H2,1-4H3;(H,6,7). The summed E-state index contributed by atoms with van der Waals surface area (Å²) in [6.45, 7) is 7.60. The van der Waals surface area contributed by atoms with Gasteiger partial charge in [-0.2, -0.15) is 13.2 Å². The zero-order valence-corrected chi connectivity index (χ0v) is 20.4. The van der Waals surface area contributed by atoms with Gasteiger partial charge in [-0.05, 0) is 70.8 Å². The number of hydrogen-bond donors (Lipinski definition) is 3. The highest BCUT2D eigenvalue weighted by Gasteiger charge is 2.46. The van der Waals surface area contributed by atoms with Gasteiger partial charge in [-0.3, -0.25) is 4.72 Å². The minimum absolute atomic E-state index is 0.113. The van der Waals surface area contributed by atoms with Gasteiger partial charge >= 0.3 is 12.1 Å². The summed E-state index contributed by atoms with van der Waals surface area (Å²) in [7, 11) is -3.32. The van der Waals surface area contributed by atoms with Crippen LogP contribution in [0, 0.1) is 5.41 Å². The van der Waals surface area contributed by atoms with Gasteiger partial charge in [0.15, 0.2) is 0 Å². The molecule has 1 spiro atoms. The number of alkyl halides is 3. The molecule has 3 rings (SSSR count). The molecule has 33 heavy (non-hydrogen) atoms. The number of halogens is 3. The molecular weight excluding hydrogens is 483 g/mol. The van der Waals surface area contributed by atoms with Crippen LogP contribution in [-0.2, 0) is 32.6 Å². The summed E-state index contributed by atoms with van der Waals surface area (Å²) in [5.41, 5.74) is 3.45. The molecule has 0 bridgehead atoms. The fourth-order valence-corrected chi connectivity index (χ4v) is 4.95. The zero-order valence-electron chi connectivity index (χ0n) is 18.7. The largest absolute Gasteiger partial charge is 0.591 e. The van der Waals surface area contributed by atoms with E-state index in [0.717, 1.165) is 55.4 Å². The number of rotatable bonds is 3. The van der Waals surface area contributed by atoms with Gasteiger partial charge in [-0.25, -0.2) is 13.2 Å². The lowest BCUT2D eigenvalue weighted by atomic mass is 9.75. The first-order chi connectivity index (χ1) is 14.9. The van der Waals surface area contributed by atoms with Crippen LogP contribution in [0.15, 0.2) is 22.6 Å². The smallest absolute Gasteiger partial charge is 0.490 e. The molecule has 13 heteroatoms. The van der Waals surface area contributed by atoms with Crippen LogP contribution < -0.4 is 10.0 Å². The summed E-state index contributed by atoms with van der Waals surface area (Å²) in [5.74, 6) is -2.76. The second-order valence-electron chi connectivity index (χ2n) is 9.06. The van der Waals surface area contributed by atoms with Crippen molar-refractivity contribution in [3.8, 4) is 0 Å². The molecule has 0 aromatic heterocycles. The first-order valence-electron chi connectivity index (χ1n) is 10.1. The highest BCUT2D eigenvalue weighted by Crippen LogP contribution is 2.45. The predicted molar refractivity (Wildman–Crippen MR) is 121 cm³/mol. The number of anilines is 1. The van der Waals surface area contributed by atoms with Crippen molar-refractivity contribution in [1.29, 1.82) is 0 Å². The molecule has 1 aromatic carbocycles. The van der Waals surface area contributed by atoms with E-state index in [-0.39, 0.29) is 5.41 Å². The molecule has 1 unspecified atom stereocenters. The van der Waals surface area contributed by atoms with Gasteiger partial charge in [0.2, 0.25) is 10.0 Å². The lowest BCUT2D eigenvalue weighted by molar-refractivity contribution is -0.192. The highest BCUT2D eigenvalue weighted by atomic mass is 32.2. The summed E-state index contributed by atoms with van der Waals surface area (Å²) in [6, 6.07) is 5.57. The van der Waals surface area contributed by atoms with Gasteiger partial charge < -0.3 is 15.0 Å². The van der Waals surface area contributed by atoms with Crippen molar-refractivity contribution in [2.45, 2.75) is 51.0 Å². The van der Waals surface area contributed by atoms with E-state index in [1.165, 1.54) is 0 Å². The van der Waals surface area contributed by atoms with Crippen molar-refractivity contribution in [3.63, 3.8) is 0 Å². The predicted octanol–water partition coefficient (Wildman–Crippen LogP) is 2.87. The molecule has 2 aliphatic rings. The maximum atomic E-state index is 12.7. The second-order valence-corrected chi connectivity index (χ2v) is 12.7. The van der Waals surface area contributed by atoms with Crippen LogP contribution in [0.2, 0.25) is 0 Å². The van der Waals surface area contributed by atoms with E-state index in [2.05, 4.69) is 10.0 Å². The number of piperidine rings is 1. The molecular formula is C20H28F3N3O5S2. The molecule has 8 nitrogen and oxygen atoms in total. The van der Waals surface area contributed by atoms with Crippen LogP contribution in [0.1, 0.15) is 44.7 Å². The Kier molecular flexibility index (Phi) is 8.14. The third-order valence-electron chi connectivity index (χ3n) is 5.20. The van der Waals surface area contributed by atoms with Gasteiger partial charge in [0.1, 0.15) is 21.8 Å². The first-order valence-corrected chi connectivity index (χ1v) is 13.1. The molecule has 1 aliphatic heterocycles. The Morgan fingerprint density at radius 3 is 2.24 bits per heavy atom. The van der Waals surface area contributed by atoms with Crippen LogP contribution in [-0.4, -0.2) is 60.0 Å². The van der Waals surface area contributed by atoms with Crippen LogP contribution in [0.5, 0.6) is 0 Å². The zero-order chi connectivity index (χ0) is 25.2. The monoisotopic (exact) mass is 511 g/mol. The highest BCUT2D eigenvalue weighted by molar-refractivity contribution is 7.92. The van der Waals surface area contributed by atoms with Gasteiger partial charge in [-0.1, -0.05) is 10.5 Å². The number of fused-ring (bicyclic) bond motifs is 1. The van der Waals surface area contributed by atoms with E-state index < -0.39 is 38.3 Å². The van der Waals surface area contributed by atoms with Gasteiger partial charge in [0.05, 0.1) is 6.26 Å². The molecule has 0 amide bonds. The number of carbonyl (C=O) groups is 1. The summed E-state index contributed by atoms with van der Waals surface area (Å²) in [5, 5.41) is 10.5. The van der Waals surface area contributed by atoms with Gasteiger partial charge in [-0.15, -0.1) is 0 Å². The average molecular weight is 512 g/mol. The first kappa shape index (κ1) is 27.4. The lowest BCUT2D eigenvalue weighted by Crippen LogP contribution is -2.41. The molecule has 1 aliphatic carbocycles. The number of nitrogens with zero attached hydrogens (tertiary/aromatic N) is 1. The third kappa shape index (κ3) is 7.33. The molecule has 1 aromatic rings. The molecule has 0 radical (unpaired) electrons. The van der Waals surface area contributed by atoms with Crippen LogP contribution in [0.4, 0.5) is 18.9 Å². The second kappa shape index (κ2) is 9.80. The Labute approximate surface area is 194 Å². The maximum absolute atomic E-state index is 12.7. The fraction of sp³-hybridized carbons (Fsp3) is 0.600. The Morgan fingerprint density at radius 2 is 1.79 bits per heavy atom. The van der Waals surface area contributed by atoms with Crippen molar-refractivity contribution in [1.82, 2.24) is 5.32 Å². The minimum atomic E-state index is -5.08. The minimum Gasteiger partial charge on any atom is -0.591 e. The molecule has 1 atom stereocenters. The quantitative estimate of drug-likeness (QED) is 0.535. The number of sulfonamides is 1. The molecule has 1 saturated heterocycles. The number of carboxylic acids is 1. The SMILES string of the molecule is CC(C)(C)[S+]([O-])N=C1c2ccc(NS(C)(=O)=O)cc2CC12CCNCC2.O=C(O)C(F)(F)F. The Balaban J connectivity index is 0.000000479. The molecule has 1 heterocycles. The van der Waals surface area contributed by atoms with Crippen molar-refractivity contribution >= 4 is 38.8 Å². The lowest BCUT2D eigenvalue weighted by Gasteiger charge is -2.34. The van der Waals surface area contributed by atoms with Crippen molar-refractivity contribution in [3.05, 3.63) is 29.3 Å². The molecule has 0 saturated carbocycles. The average Bonchev–Trinajstić information content (AvgIpc) is 2.92. The van der Waals surface area contributed by atoms with E-state index in [4.69, 9.17) is 14.3 Å². The maximum Gasteiger partial charge on any atom is 0.490 e. The normalized spacial score (nSPS) is 20.1. The Morgan fingerprint density at radius 1 is 1.24 bits per heavy atom. The summed E-state index contributed by atoms with van der Waals surface area (Å²) in [6.07, 6.45) is -1.25. The van der Waals surface area contributed by atoms with Crippen molar-refractivity contribution in [2.24, 2.45) is 9.81 Å². The van der Waals surface area contributed by atoms with E-state index in [0.29, 0.717) is 5.69 Å². The van der Waals surface area contributed by atoms with E-state index in [1.807, 2.05) is 32.9 Å². The Bertz CT molecular complexity index is 1010. The van der Waals surface area contributed by atoms with Crippen LogP contribution in [0.3, 0.4) is 0 Å². The number of hydrogen-bond acceptors (Lipinski definition) is 6. The number of benzene rings is 1. The number of carboxylic acid groups (broad SMARTS) is 1. The Hall–Kier alpha value is -1.83. The van der Waals surface area contributed by atoms with Crippen LogP contribution in [0.25, 0.3) is 0 Å². The third-order valence-corrected chi connectivity index (χ3v) is 7.20. The topological polar surface area (TPSA) is 131 Å². The summed E-state index contributed by atoms with van der Waals surface area (Å²) in [4.78, 5) is 8.90. The summed E-state index contributed by atoms with van der Waals surface area (Å²) < 4.78 is 74.3. The fourth-order valence-electron chi connectivity index (χ4n) is 3.67. The number of nitrogens with one attached hydrogen (secondary N) is 2. The number of aliphatic carboxylic acids is 1. The van der Waals surface area contributed by atoms with Crippen molar-refractivity contribution < 1.29 is 36.0 Å². The molecule has 3 N–H and O–H groups in total.